The van der Waals surface area contributed by atoms with E-state index in [1.807, 2.05) is 24.3 Å². The molecule has 1 aromatic carbocycles. The summed E-state index contributed by atoms with van der Waals surface area (Å²) in [6, 6.07) is 7.28. The lowest BCUT2D eigenvalue weighted by molar-refractivity contribution is 0.106. The molecule has 1 unspecified atom stereocenters. The molecule has 17 heavy (non-hydrogen) atoms. The zero-order valence-corrected chi connectivity index (χ0v) is 10.5. The maximum absolute atomic E-state index is 10.5. The van der Waals surface area contributed by atoms with Crippen LogP contribution in [0.2, 0.25) is 0 Å². The van der Waals surface area contributed by atoms with Crippen molar-refractivity contribution in [2.75, 3.05) is 12.8 Å². The van der Waals surface area contributed by atoms with Crippen LogP contribution in [0, 0.1) is 0 Å². The van der Waals surface area contributed by atoms with Gasteiger partial charge in [0.15, 0.2) is 5.13 Å². The van der Waals surface area contributed by atoms with Gasteiger partial charge in [-0.2, -0.15) is 0 Å². The summed E-state index contributed by atoms with van der Waals surface area (Å²) in [4.78, 5) is 4.68. The van der Waals surface area contributed by atoms with Gasteiger partial charge in [-0.1, -0.05) is 23.5 Å². The lowest BCUT2D eigenvalue weighted by atomic mass is 9.95. The lowest BCUT2D eigenvalue weighted by Gasteiger charge is -2.22. The number of ether oxygens (including phenoxy) is 1. The van der Waals surface area contributed by atoms with Gasteiger partial charge in [0.05, 0.1) is 12.0 Å². The van der Waals surface area contributed by atoms with Gasteiger partial charge in [0.25, 0.3) is 0 Å². The maximum atomic E-state index is 10.5. The Kier molecular flexibility index (Phi) is 3.04. The lowest BCUT2D eigenvalue weighted by Crippen LogP contribution is -2.21. The first-order chi connectivity index (χ1) is 8.04. The number of hydrogen-bond donors (Lipinski definition) is 2. The van der Waals surface area contributed by atoms with Crippen molar-refractivity contribution in [2.24, 2.45) is 0 Å². The molecule has 0 spiro atoms. The molecule has 0 saturated heterocycles. The normalized spacial score (nSPS) is 14.3. The van der Waals surface area contributed by atoms with Crippen LogP contribution in [0.25, 0.3) is 0 Å². The van der Waals surface area contributed by atoms with Crippen molar-refractivity contribution < 1.29 is 9.84 Å². The van der Waals surface area contributed by atoms with E-state index in [4.69, 9.17) is 10.5 Å². The number of aromatic nitrogens is 1. The molecule has 0 aliphatic rings. The zero-order chi connectivity index (χ0) is 12.5. The highest BCUT2D eigenvalue weighted by atomic mass is 32.1. The van der Waals surface area contributed by atoms with E-state index < -0.39 is 5.60 Å². The summed E-state index contributed by atoms with van der Waals surface area (Å²) in [6.07, 6.45) is 1.60. The first kappa shape index (κ1) is 11.9. The summed E-state index contributed by atoms with van der Waals surface area (Å²) in [5, 5.41) is 11.0. The van der Waals surface area contributed by atoms with Gasteiger partial charge in [0.2, 0.25) is 0 Å². The van der Waals surface area contributed by atoms with Crippen LogP contribution in [0.3, 0.4) is 0 Å². The van der Waals surface area contributed by atoms with Gasteiger partial charge in [-0.25, -0.2) is 4.98 Å². The summed E-state index contributed by atoms with van der Waals surface area (Å²) in [6.45, 7) is 1.72. The van der Waals surface area contributed by atoms with Gasteiger partial charge in [-0.3, -0.25) is 0 Å². The Morgan fingerprint density at radius 3 is 2.47 bits per heavy atom. The van der Waals surface area contributed by atoms with Gasteiger partial charge in [-0.05, 0) is 24.6 Å². The number of anilines is 1. The Bertz CT molecular complexity index is 505. The van der Waals surface area contributed by atoms with Crippen LogP contribution < -0.4 is 10.5 Å². The quantitative estimate of drug-likeness (QED) is 0.874. The number of nitrogens with zero attached hydrogens (tertiary/aromatic N) is 1. The molecule has 0 fully saturated rings. The molecule has 3 N–H and O–H groups in total. The average Bonchev–Trinajstić information content (AvgIpc) is 2.77. The monoisotopic (exact) mass is 250 g/mol. The molecule has 1 atom stereocenters. The highest BCUT2D eigenvalue weighted by molar-refractivity contribution is 7.15. The van der Waals surface area contributed by atoms with Crippen LogP contribution in [0.15, 0.2) is 30.5 Å². The first-order valence-corrected chi connectivity index (χ1v) is 5.94. The van der Waals surface area contributed by atoms with Crippen molar-refractivity contribution in [3.8, 4) is 5.75 Å². The van der Waals surface area contributed by atoms with Gasteiger partial charge >= 0.3 is 0 Å². The van der Waals surface area contributed by atoms with Gasteiger partial charge in [-0.15, -0.1) is 0 Å². The van der Waals surface area contributed by atoms with Gasteiger partial charge < -0.3 is 15.6 Å². The zero-order valence-electron chi connectivity index (χ0n) is 9.68. The maximum Gasteiger partial charge on any atom is 0.180 e. The molecule has 2 aromatic rings. The third-order valence-electron chi connectivity index (χ3n) is 2.66. The van der Waals surface area contributed by atoms with Crippen LogP contribution in [0.4, 0.5) is 5.13 Å². The molecule has 4 nitrogen and oxygen atoms in total. The number of benzene rings is 1. The summed E-state index contributed by atoms with van der Waals surface area (Å²) < 4.78 is 5.08. The van der Waals surface area contributed by atoms with E-state index in [0.29, 0.717) is 5.13 Å². The largest absolute Gasteiger partial charge is 0.497 e. The predicted octanol–water partition coefficient (Wildman–Crippen LogP) is 1.99. The van der Waals surface area contributed by atoms with Crippen molar-refractivity contribution in [2.45, 2.75) is 12.5 Å². The van der Waals surface area contributed by atoms with Gasteiger partial charge in [0.1, 0.15) is 11.4 Å². The fraction of sp³-hybridized carbons (Fsp3) is 0.250. The number of aliphatic hydroxyl groups is 1. The number of methoxy groups -OCH3 is 1. The van der Waals surface area contributed by atoms with E-state index in [9.17, 15) is 5.11 Å². The minimum atomic E-state index is -1.08. The fourth-order valence-electron chi connectivity index (χ4n) is 1.57. The summed E-state index contributed by atoms with van der Waals surface area (Å²) in [7, 11) is 1.61. The summed E-state index contributed by atoms with van der Waals surface area (Å²) in [5.74, 6) is 0.758. The van der Waals surface area contributed by atoms with Crippen LogP contribution in [0.5, 0.6) is 5.75 Å². The van der Waals surface area contributed by atoms with E-state index >= 15 is 0 Å². The van der Waals surface area contributed by atoms with E-state index in [-0.39, 0.29) is 0 Å². The number of rotatable bonds is 3. The molecule has 90 valence electrons. The van der Waals surface area contributed by atoms with E-state index in [1.54, 1.807) is 20.2 Å². The Morgan fingerprint density at radius 1 is 1.35 bits per heavy atom. The Labute approximate surface area is 104 Å². The minimum Gasteiger partial charge on any atom is -0.497 e. The molecule has 0 aliphatic heterocycles. The second kappa shape index (κ2) is 4.35. The molecule has 1 aromatic heterocycles. The summed E-state index contributed by atoms with van der Waals surface area (Å²) in [5.41, 5.74) is 5.27. The van der Waals surface area contributed by atoms with E-state index in [0.717, 1.165) is 16.2 Å². The Balaban J connectivity index is 2.36. The van der Waals surface area contributed by atoms with E-state index in [1.165, 1.54) is 11.3 Å². The molecule has 1 heterocycles. The standard InChI is InChI=1S/C12H14N2O2S/c1-12(15,10-7-14-11(13)17-10)8-3-5-9(16-2)6-4-8/h3-7,15H,1-2H3,(H2,13,14). The number of nitrogens with two attached hydrogens (primary N) is 1. The van der Waals surface area contributed by atoms with Crippen molar-refractivity contribution in [3.05, 3.63) is 40.9 Å². The SMILES string of the molecule is COc1ccc(C(C)(O)c2cnc(N)s2)cc1. The highest BCUT2D eigenvalue weighted by Crippen LogP contribution is 2.34. The molecular weight excluding hydrogens is 236 g/mol. The van der Waals surface area contributed by atoms with Crippen molar-refractivity contribution in [3.63, 3.8) is 0 Å². The van der Waals surface area contributed by atoms with Crippen LogP contribution in [-0.2, 0) is 5.60 Å². The minimum absolute atomic E-state index is 0.453. The second-order valence-electron chi connectivity index (χ2n) is 3.86. The fourth-order valence-corrected chi connectivity index (χ4v) is 2.32. The number of hydrogen-bond acceptors (Lipinski definition) is 5. The molecule has 0 amide bonds. The third-order valence-corrected chi connectivity index (χ3v) is 3.69. The van der Waals surface area contributed by atoms with Crippen molar-refractivity contribution >= 4 is 16.5 Å². The molecule has 0 radical (unpaired) electrons. The molecule has 0 saturated carbocycles. The molecule has 2 rings (SSSR count). The molecular formula is C12H14N2O2S. The number of nitrogen functional groups attached to an aromatic ring is 1. The van der Waals surface area contributed by atoms with Gasteiger partial charge in [0, 0.05) is 6.20 Å². The van der Waals surface area contributed by atoms with E-state index in [2.05, 4.69) is 4.98 Å². The topological polar surface area (TPSA) is 68.4 Å². The molecule has 0 aliphatic carbocycles. The number of thiazole rings is 1. The Hall–Kier alpha value is -1.59. The molecule has 0 bridgehead atoms. The van der Waals surface area contributed by atoms with Crippen LogP contribution in [-0.4, -0.2) is 17.2 Å². The first-order valence-electron chi connectivity index (χ1n) is 5.12. The van der Waals surface area contributed by atoms with Crippen molar-refractivity contribution in [1.29, 1.82) is 0 Å². The Morgan fingerprint density at radius 2 is 2.00 bits per heavy atom. The molecule has 5 heteroatoms. The second-order valence-corrected chi connectivity index (χ2v) is 4.93. The van der Waals surface area contributed by atoms with Crippen LogP contribution in [0.1, 0.15) is 17.4 Å². The highest BCUT2D eigenvalue weighted by Gasteiger charge is 2.27. The smallest absolute Gasteiger partial charge is 0.180 e. The average molecular weight is 250 g/mol. The predicted molar refractivity (Wildman–Crippen MR) is 68.2 cm³/mol. The summed E-state index contributed by atoms with van der Waals surface area (Å²) >= 11 is 1.28. The van der Waals surface area contributed by atoms with Crippen molar-refractivity contribution in [1.82, 2.24) is 4.98 Å². The van der Waals surface area contributed by atoms with Crippen LogP contribution >= 0.6 is 11.3 Å². The third kappa shape index (κ3) is 2.25.